The lowest BCUT2D eigenvalue weighted by Crippen LogP contribution is -2.18. The number of carbonyl (C=O) groups is 1. The molecule has 2 aromatic rings. The first kappa shape index (κ1) is 21.1. The Labute approximate surface area is 179 Å². The van der Waals surface area contributed by atoms with Gasteiger partial charge < -0.3 is 11.1 Å². The molecule has 1 aromatic heterocycles. The minimum Gasteiger partial charge on any atom is -0.383 e. The van der Waals surface area contributed by atoms with Crippen LogP contribution in [-0.4, -0.2) is 35.6 Å². The molecule has 0 radical (unpaired) electrons. The van der Waals surface area contributed by atoms with E-state index in [1.165, 1.54) is 29.1 Å². The van der Waals surface area contributed by atoms with Crippen LogP contribution >= 0.6 is 11.6 Å². The summed E-state index contributed by atoms with van der Waals surface area (Å²) in [5, 5.41) is 6.87. The molecule has 1 amide bonds. The third-order valence-electron chi connectivity index (χ3n) is 6.49. The highest BCUT2D eigenvalue weighted by Crippen LogP contribution is 2.52. The van der Waals surface area contributed by atoms with Gasteiger partial charge in [-0.2, -0.15) is 5.10 Å². The van der Waals surface area contributed by atoms with Gasteiger partial charge in [0.2, 0.25) is 0 Å². The number of anilines is 2. The molecule has 1 heterocycles. The second-order valence-electron chi connectivity index (χ2n) is 8.46. The summed E-state index contributed by atoms with van der Waals surface area (Å²) in [6, 6.07) is 3.95. The van der Waals surface area contributed by atoms with Crippen molar-refractivity contribution in [2.45, 2.75) is 36.9 Å². The van der Waals surface area contributed by atoms with Crippen molar-refractivity contribution in [1.82, 2.24) is 9.78 Å². The van der Waals surface area contributed by atoms with E-state index in [9.17, 15) is 17.6 Å². The van der Waals surface area contributed by atoms with Crippen LogP contribution in [0.2, 0.25) is 5.02 Å². The highest BCUT2D eigenvalue weighted by atomic mass is 35.5. The average molecular weight is 455 g/mol. The van der Waals surface area contributed by atoms with E-state index in [2.05, 4.69) is 10.4 Å². The fourth-order valence-corrected chi connectivity index (χ4v) is 6.35. The first-order valence-electron chi connectivity index (χ1n) is 9.82. The van der Waals surface area contributed by atoms with Crippen LogP contribution in [0.15, 0.2) is 18.2 Å². The zero-order chi connectivity index (χ0) is 21.8. The van der Waals surface area contributed by atoms with Gasteiger partial charge in [0, 0.05) is 24.9 Å². The van der Waals surface area contributed by atoms with Gasteiger partial charge in [-0.3, -0.25) is 9.48 Å². The van der Waals surface area contributed by atoms with Crippen molar-refractivity contribution < 1.29 is 17.6 Å². The summed E-state index contributed by atoms with van der Waals surface area (Å²) in [7, 11) is -1.35. The summed E-state index contributed by atoms with van der Waals surface area (Å²) in [6.45, 7) is 0. The normalized spacial score (nSPS) is 26.0. The molecule has 2 atom stereocenters. The molecule has 3 N–H and O–H groups in total. The molecule has 0 saturated heterocycles. The number of fused-ring (bicyclic) bond motifs is 1. The molecule has 2 fully saturated rings. The number of rotatable bonds is 4. The number of nitrogens with one attached hydrogen (secondary N) is 1. The molecule has 0 aliphatic heterocycles. The van der Waals surface area contributed by atoms with E-state index in [-0.39, 0.29) is 22.0 Å². The Morgan fingerprint density at radius 2 is 1.90 bits per heavy atom. The third-order valence-corrected chi connectivity index (χ3v) is 8.37. The summed E-state index contributed by atoms with van der Waals surface area (Å²) in [6.07, 6.45) is 4.21. The van der Waals surface area contributed by atoms with E-state index < -0.39 is 21.6 Å². The Bertz CT molecular complexity index is 1100. The SMILES string of the molecule is Cn1nc(C2CC3CC(S(C)(=O)=O)CC3C2)c(C(=O)Nc2ccc(F)c(Cl)c2)c1N. The summed E-state index contributed by atoms with van der Waals surface area (Å²) >= 11 is 5.80. The summed E-state index contributed by atoms with van der Waals surface area (Å²) in [5.41, 5.74) is 7.45. The lowest BCUT2D eigenvalue weighted by atomic mass is 9.96. The third kappa shape index (κ3) is 3.80. The number of halogens is 2. The molecule has 2 saturated carbocycles. The molecule has 4 rings (SSSR count). The second-order valence-corrected chi connectivity index (χ2v) is 11.2. The van der Waals surface area contributed by atoms with Gasteiger partial charge in [0.15, 0.2) is 0 Å². The van der Waals surface area contributed by atoms with Gasteiger partial charge in [0.05, 0.1) is 16.0 Å². The van der Waals surface area contributed by atoms with Crippen molar-refractivity contribution in [2.24, 2.45) is 18.9 Å². The minimum absolute atomic E-state index is 0.0431. The lowest BCUT2D eigenvalue weighted by Gasteiger charge is -2.14. The lowest BCUT2D eigenvalue weighted by molar-refractivity contribution is 0.102. The second kappa shape index (κ2) is 7.53. The Hall–Kier alpha value is -2.13. The van der Waals surface area contributed by atoms with Crippen molar-refractivity contribution in [3.8, 4) is 0 Å². The van der Waals surface area contributed by atoms with Gasteiger partial charge in [0.1, 0.15) is 27.0 Å². The van der Waals surface area contributed by atoms with Gasteiger partial charge in [0.25, 0.3) is 5.91 Å². The van der Waals surface area contributed by atoms with E-state index in [0.29, 0.717) is 41.6 Å². The minimum atomic E-state index is -3.03. The molecule has 2 aliphatic rings. The fourth-order valence-electron chi connectivity index (χ4n) is 4.98. The highest BCUT2D eigenvalue weighted by molar-refractivity contribution is 7.91. The number of amides is 1. The molecule has 7 nitrogen and oxygen atoms in total. The number of hydrogen-bond acceptors (Lipinski definition) is 5. The molecule has 10 heteroatoms. The Kier molecular flexibility index (Phi) is 5.30. The zero-order valence-electron chi connectivity index (χ0n) is 16.7. The number of nitrogens with two attached hydrogens (primary N) is 1. The number of benzene rings is 1. The van der Waals surface area contributed by atoms with Crippen LogP contribution in [0.4, 0.5) is 15.9 Å². The number of nitrogens with zero attached hydrogens (tertiary/aromatic N) is 2. The number of sulfone groups is 1. The maximum Gasteiger partial charge on any atom is 0.261 e. The molecule has 2 aliphatic carbocycles. The van der Waals surface area contributed by atoms with E-state index in [1.54, 1.807) is 7.05 Å². The largest absolute Gasteiger partial charge is 0.383 e. The van der Waals surface area contributed by atoms with Crippen molar-refractivity contribution >= 4 is 38.9 Å². The smallest absolute Gasteiger partial charge is 0.261 e. The number of aryl methyl sites for hydroxylation is 1. The van der Waals surface area contributed by atoms with Gasteiger partial charge in [-0.05, 0) is 55.7 Å². The Balaban J connectivity index is 1.56. The van der Waals surface area contributed by atoms with E-state index in [1.807, 2.05) is 0 Å². The molecular weight excluding hydrogens is 431 g/mol. The summed E-state index contributed by atoms with van der Waals surface area (Å²) in [4.78, 5) is 13.0. The fraction of sp³-hybridized carbons (Fsp3) is 0.500. The van der Waals surface area contributed by atoms with Gasteiger partial charge >= 0.3 is 0 Å². The monoisotopic (exact) mass is 454 g/mol. The predicted octanol–water partition coefficient (Wildman–Crippen LogP) is 3.36. The molecule has 2 unspecified atom stereocenters. The van der Waals surface area contributed by atoms with E-state index in [0.717, 1.165) is 12.8 Å². The first-order valence-corrected chi connectivity index (χ1v) is 12.2. The summed E-state index contributed by atoms with van der Waals surface area (Å²) in [5.74, 6) is -0.0802. The highest BCUT2D eigenvalue weighted by Gasteiger charge is 2.46. The van der Waals surface area contributed by atoms with Crippen LogP contribution in [0.25, 0.3) is 0 Å². The number of hydrogen-bond donors (Lipinski definition) is 2. The topological polar surface area (TPSA) is 107 Å². The maximum absolute atomic E-state index is 13.4. The molecule has 30 heavy (non-hydrogen) atoms. The van der Waals surface area contributed by atoms with Gasteiger partial charge in [-0.1, -0.05) is 11.6 Å². The Morgan fingerprint density at radius 3 is 2.47 bits per heavy atom. The van der Waals surface area contributed by atoms with Crippen molar-refractivity contribution in [1.29, 1.82) is 0 Å². The number of aromatic nitrogens is 2. The van der Waals surface area contributed by atoms with Crippen LogP contribution in [0.3, 0.4) is 0 Å². The van der Waals surface area contributed by atoms with Crippen LogP contribution < -0.4 is 11.1 Å². The number of carbonyl (C=O) groups excluding carboxylic acids is 1. The van der Waals surface area contributed by atoms with Crippen molar-refractivity contribution in [2.75, 3.05) is 17.3 Å². The zero-order valence-corrected chi connectivity index (χ0v) is 18.3. The van der Waals surface area contributed by atoms with E-state index >= 15 is 0 Å². The quantitative estimate of drug-likeness (QED) is 0.736. The van der Waals surface area contributed by atoms with Crippen molar-refractivity contribution in [3.05, 3.63) is 40.3 Å². The molecule has 0 bridgehead atoms. The molecule has 1 aromatic carbocycles. The van der Waals surface area contributed by atoms with Crippen LogP contribution in [0.1, 0.15) is 47.7 Å². The van der Waals surface area contributed by atoms with Crippen LogP contribution in [0.5, 0.6) is 0 Å². The van der Waals surface area contributed by atoms with Crippen LogP contribution in [-0.2, 0) is 16.9 Å². The standard InChI is InChI=1S/C20H24ClFN4O3S/c1-26-19(23)17(20(27)24-13-3-4-16(22)15(21)9-13)18(25-26)12-5-10-7-14(30(2,28)29)8-11(10)6-12/h3-4,9-12,14H,5-8,23H2,1-2H3,(H,24,27). The molecule has 162 valence electrons. The van der Waals surface area contributed by atoms with Gasteiger partial charge in [-0.15, -0.1) is 0 Å². The molecular formula is C20H24ClFN4O3S. The average Bonchev–Trinajstić information content (AvgIpc) is 3.30. The Morgan fingerprint density at radius 1 is 1.27 bits per heavy atom. The van der Waals surface area contributed by atoms with Crippen LogP contribution in [0, 0.1) is 17.7 Å². The predicted molar refractivity (Wildman–Crippen MR) is 114 cm³/mol. The first-order chi connectivity index (χ1) is 14.0. The summed E-state index contributed by atoms with van der Waals surface area (Å²) < 4.78 is 38.7. The van der Waals surface area contributed by atoms with Crippen molar-refractivity contribution in [3.63, 3.8) is 0 Å². The molecule has 0 spiro atoms. The van der Waals surface area contributed by atoms with Gasteiger partial charge in [-0.25, -0.2) is 12.8 Å². The number of nitrogen functional groups attached to an aromatic ring is 1. The maximum atomic E-state index is 13.4. The van der Waals surface area contributed by atoms with E-state index in [4.69, 9.17) is 17.3 Å².